The molecule has 1 saturated carbocycles. The second-order valence-corrected chi connectivity index (χ2v) is 7.25. The highest BCUT2D eigenvalue weighted by molar-refractivity contribution is 8.14. The van der Waals surface area contributed by atoms with Crippen LogP contribution in [0.4, 0.5) is 4.79 Å². The fourth-order valence-electron chi connectivity index (χ4n) is 3.09. The van der Waals surface area contributed by atoms with Gasteiger partial charge in [-0.2, -0.15) is 0 Å². The predicted molar refractivity (Wildman–Crippen MR) is 91.3 cm³/mol. The van der Waals surface area contributed by atoms with Crippen LogP contribution in [-0.2, 0) is 9.59 Å². The highest BCUT2D eigenvalue weighted by Crippen LogP contribution is 2.18. The van der Waals surface area contributed by atoms with Gasteiger partial charge < -0.3 is 10.6 Å². The molecule has 0 radical (unpaired) electrons. The Morgan fingerprint density at radius 3 is 2.48 bits per heavy atom. The summed E-state index contributed by atoms with van der Waals surface area (Å²) >= 11 is 1.02. The maximum absolute atomic E-state index is 12.1. The summed E-state index contributed by atoms with van der Waals surface area (Å²) in [5, 5.41) is 6.01. The minimum Gasteiger partial charge on any atom is -0.353 e. The molecule has 0 aromatic rings. The quantitative estimate of drug-likeness (QED) is 0.771. The van der Waals surface area contributed by atoms with E-state index in [-0.39, 0.29) is 35.4 Å². The molecule has 2 aliphatic rings. The van der Waals surface area contributed by atoms with Crippen molar-refractivity contribution in [2.45, 2.75) is 64.0 Å². The minimum atomic E-state index is -0.251. The zero-order valence-electron chi connectivity index (χ0n) is 13.8. The van der Waals surface area contributed by atoms with E-state index in [4.69, 9.17) is 0 Å². The molecule has 0 bridgehead atoms. The summed E-state index contributed by atoms with van der Waals surface area (Å²) in [5.41, 5.74) is 0. The largest absolute Gasteiger partial charge is 0.353 e. The summed E-state index contributed by atoms with van der Waals surface area (Å²) < 4.78 is 0. The molecule has 1 atom stereocenters. The van der Waals surface area contributed by atoms with E-state index < -0.39 is 0 Å². The van der Waals surface area contributed by atoms with Gasteiger partial charge in [-0.05, 0) is 19.8 Å². The Morgan fingerprint density at radius 1 is 1.22 bits per heavy atom. The summed E-state index contributed by atoms with van der Waals surface area (Å²) in [7, 11) is 0. The van der Waals surface area contributed by atoms with Gasteiger partial charge in [0.2, 0.25) is 11.8 Å². The number of carbonyl (C=O) groups is 3. The van der Waals surface area contributed by atoms with Crippen LogP contribution in [-0.4, -0.2) is 52.9 Å². The van der Waals surface area contributed by atoms with Crippen LogP contribution >= 0.6 is 11.8 Å². The van der Waals surface area contributed by atoms with Gasteiger partial charge in [-0.15, -0.1) is 0 Å². The van der Waals surface area contributed by atoms with E-state index in [9.17, 15) is 14.4 Å². The Labute approximate surface area is 142 Å². The summed E-state index contributed by atoms with van der Waals surface area (Å²) in [6.45, 7) is 2.44. The second kappa shape index (κ2) is 9.27. The van der Waals surface area contributed by atoms with Crippen LogP contribution in [0.1, 0.15) is 51.9 Å². The molecule has 2 fully saturated rings. The van der Waals surface area contributed by atoms with Crippen LogP contribution in [0.5, 0.6) is 0 Å². The van der Waals surface area contributed by atoms with Crippen molar-refractivity contribution in [1.29, 1.82) is 0 Å². The van der Waals surface area contributed by atoms with E-state index in [2.05, 4.69) is 10.6 Å². The van der Waals surface area contributed by atoms with Gasteiger partial charge in [-0.1, -0.05) is 43.9 Å². The zero-order chi connectivity index (χ0) is 16.7. The van der Waals surface area contributed by atoms with Gasteiger partial charge in [0.25, 0.3) is 5.24 Å². The molecule has 1 aliphatic carbocycles. The topological polar surface area (TPSA) is 78.5 Å². The fraction of sp³-hybridized carbons (Fsp3) is 0.812. The molecule has 3 amide bonds. The van der Waals surface area contributed by atoms with Crippen LogP contribution in [0.2, 0.25) is 0 Å². The van der Waals surface area contributed by atoms with E-state index >= 15 is 0 Å². The minimum absolute atomic E-state index is 0.0705. The summed E-state index contributed by atoms with van der Waals surface area (Å²) in [6.07, 6.45) is 8.61. The first-order chi connectivity index (χ1) is 11.1. The van der Waals surface area contributed by atoms with E-state index in [0.717, 1.165) is 24.6 Å². The first-order valence-corrected chi connectivity index (χ1v) is 9.57. The standard InChI is InChI=1S/C16H27N3O3S/c1-12(18-13-7-5-3-2-4-6-8-13)15(21)17-9-10-19-14(20)11-23-16(19)22/h12-13,18H,2-11H2,1H3,(H,17,21)/t12-/m0/s1. The van der Waals surface area contributed by atoms with Crippen molar-refractivity contribution < 1.29 is 14.4 Å². The highest BCUT2D eigenvalue weighted by Gasteiger charge is 2.29. The van der Waals surface area contributed by atoms with Crippen LogP contribution in [0.15, 0.2) is 0 Å². The molecule has 2 rings (SSSR count). The lowest BCUT2D eigenvalue weighted by Gasteiger charge is -2.25. The third-order valence-corrected chi connectivity index (χ3v) is 5.32. The molecule has 0 unspecified atom stereocenters. The molecular weight excluding hydrogens is 314 g/mol. The first kappa shape index (κ1) is 18.3. The number of rotatable bonds is 6. The number of hydrogen-bond acceptors (Lipinski definition) is 5. The lowest BCUT2D eigenvalue weighted by molar-refractivity contribution is -0.126. The van der Waals surface area contributed by atoms with E-state index in [1.807, 2.05) is 6.92 Å². The average molecular weight is 341 g/mol. The Balaban J connectivity index is 1.67. The van der Waals surface area contributed by atoms with Crippen molar-refractivity contribution in [2.75, 3.05) is 18.8 Å². The van der Waals surface area contributed by atoms with Gasteiger partial charge in [-0.3, -0.25) is 19.3 Å². The molecule has 23 heavy (non-hydrogen) atoms. The second-order valence-electron chi connectivity index (χ2n) is 6.32. The van der Waals surface area contributed by atoms with Gasteiger partial charge in [0.1, 0.15) is 0 Å². The molecule has 2 N–H and O–H groups in total. The average Bonchev–Trinajstić information content (AvgIpc) is 2.81. The molecule has 0 aromatic heterocycles. The molecule has 0 spiro atoms. The molecular formula is C16H27N3O3S. The molecule has 1 aliphatic heterocycles. The van der Waals surface area contributed by atoms with Crippen molar-refractivity contribution in [3.8, 4) is 0 Å². The van der Waals surface area contributed by atoms with Crippen molar-refractivity contribution in [2.24, 2.45) is 0 Å². The van der Waals surface area contributed by atoms with Crippen LogP contribution in [0, 0.1) is 0 Å². The Kier molecular flexibility index (Phi) is 7.36. The third kappa shape index (κ3) is 5.80. The van der Waals surface area contributed by atoms with Crippen LogP contribution in [0.25, 0.3) is 0 Å². The monoisotopic (exact) mass is 341 g/mol. The van der Waals surface area contributed by atoms with Crippen LogP contribution in [0.3, 0.4) is 0 Å². The number of amides is 3. The summed E-state index contributed by atoms with van der Waals surface area (Å²) in [5.74, 6) is -0.0272. The van der Waals surface area contributed by atoms with Crippen molar-refractivity contribution in [1.82, 2.24) is 15.5 Å². The van der Waals surface area contributed by atoms with E-state index in [1.54, 1.807) is 0 Å². The maximum Gasteiger partial charge on any atom is 0.288 e. The predicted octanol–water partition coefficient (Wildman–Crippen LogP) is 1.89. The van der Waals surface area contributed by atoms with Gasteiger partial charge >= 0.3 is 0 Å². The molecule has 0 aromatic carbocycles. The number of nitrogens with zero attached hydrogens (tertiary/aromatic N) is 1. The van der Waals surface area contributed by atoms with Crippen molar-refractivity contribution in [3.63, 3.8) is 0 Å². The molecule has 6 nitrogen and oxygen atoms in total. The SMILES string of the molecule is C[C@H](NC1CCCCCCC1)C(=O)NCCN1C(=O)CSC1=O. The van der Waals surface area contributed by atoms with Gasteiger partial charge in [-0.25, -0.2) is 0 Å². The van der Waals surface area contributed by atoms with E-state index in [1.165, 1.54) is 37.0 Å². The molecule has 1 heterocycles. The summed E-state index contributed by atoms with van der Waals surface area (Å²) in [6, 6.07) is 0.160. The Hall–Kier alpha value is -1.08. The fourth-order valence-corrected chi connectivity index (χ4v) is 3.84. The number of nitrogens with one attached hydrogen (secondary N) is 2. The van der Waals surface area contributed by atoms with Crippen LogP contribution < -0.4 is 10.6 Å². The number of hydrogen-bond donors (Lipinski definition) is 2. The van der Waals surface area contributed by atoms with E-state index in [0.29, 0.717) is 12.6 Å². The normalized spacial score (nSPS) is 21.9. The highest BCUT2D eigenvalue weighted by atomic mass is 32.2. The number of carbonyl (C=O) groups excluding carboxylic acids is 3. The van der Waals surface area contributed by atoms with Crippen molar-refractivity contribution >= 4 is 28.8 Å². The summed E-state index contributed by atoms with van der Waals surface area (Å²) in [4.78, 5) is 36.3. The van der Waals surface area contributed by atoms with Gasteiger partial charge in [0.05, 0.1) is 11.8 Å². The smallest absolute Gasteiger partial charge is 0.288 e. The molecule has 130 valence electrons. The number of imide groups is 1. The Bertz CT molecular complexity index is 420. The van der Waals surface area contributed by atoms with Gasteiger partial charge in [0, 0.05) is 19.1 Å². The number of thioether (sulfide) groups is 1. The molecule has 1 saturated heterocycles. The molecule has 7 heteroatoms. The zero-order valence-corrected chi connectivity index (χ0v) is 14.6. The first-order valence-electron chi connectivity index (χ1n) is 8.59. The van der Waals surface area contributed by atoms with Crippen molar-refractivity contribution in [3.05, 3.63) is 0 Å². The lowest BCUT2D eigenvalue weighted by Crippen LogP contribution is -2.48. The Morgan fingerprint density at radius 2 is 1.87 bits per heavy atom. The lowest BCUT2D eigenvalue weighted by atomic mass is 9.96. The van der Waals surface area contributed by atoms with Gasteiger partial charge in [0.15, 0.2) is 0 Å². The third-order valence-electron chi connectivity index (χ3n) is 4.46. The maximum atomic E-state index is 12.1.